The van der Waals surface area contributed by atoms with Crippen LogP contribution in [0.3, 0.4) is 0 Å². The van der Waals surface area contributed by atoms with Gasteiger partial charge in [0.15, 0.2) is 0 Å². The fourth-order valence-electron chi connectivity index (χ4n) is 1.56. The van der Waals surface area contributed by atoms with E-state index in [0.29, 0.717) is 18.3 Å². The molecule has 0 bridgehead atoms. The molecule has 6 heteroatoms. The molecule has 1 aliphatic rings. The van der Waals surface area contributed by atoms with E-state index >= 15 is 0 Å². The molecular formula is C12H18N2O3S. The zero-order valence-corrected chi connectivity index (χ0v) is 11.2. The molecule has 1 fully saturated rings. The standard InChI is InChI=1S/C12H18N2O3S/c1-3-8-14(2)18(15,16)12-7-6-11(17-12)9-13-10-4-5-10/h3,6-7,10,13H,1,4-5,8-9H2,2H3. The number of furan rings is 1. The minimum absolute atomic E-state index is 0.0144. The Labute approximate surface area is 108 Å². The molecule has 1 aromatic heterocycles. The lowest BCUT2D eigenvalue weighted by atomic mass is 10.4. The van der Waals surface area contributed by atoms with Gasteiger partial charge in [-0.05, 0) is 25.0 Å². The van der Waals surface area contributed by atoms with Crippen molar-refractivity contribution in [2.45, 2.75) is 30.5 Å². The highest BCUT2D eigenvalue weighted by Crippen LogP contribution is 2.21. The molecule has 0 atom stereocenters. The summed E-state index contributed by atoms with van der Waals surface area (Å²) in [6.07, 6.45) is 3.91. The first-order valence-electron chi connectivity index (χ1n) is 5.93. The summed E-state index contributed by atoms with van der Waals surface area (Å²) < 4.78 is 30.7. The Kier molecular flexibility index (Phi) is 3.89. The molecule has 1 saturated carbocycles. The van der Waals surface area contributed by atoms with Crippen molar-refractivity contribution in [3.8, 4) is 0 Å². The third kappa shape index (κ3) is 3.01. The van der Waals surface area contributed by atoms with Gasteiger partial charge in [0.2, 0.25) is 5.09 Å². The van der Waals surface area contributed by atoms with Crippen molar-refractivity contribution in [3.05, 3.63) is 30.5 Å². The van der Waals surface area contributed by atoms with Crippen molar-refractivity contribution >= 4 is 10.0 Å². The van der Waals surface area contributed by atoms with Gasteiger partial charge in [-0.2, -0.15) is 4.31 Å². The van der Waals surface area contributed by atoms with E-state index in [-0.39, 0.29) is 11.6 Å². The van der Waals surface area contributed by atoms with Crippen molar-refractivity contribution in [2.24, 2.45) is 0 Å². The first kappa shape index (κ1) is 13.3. The maximum absolute atomic E-state index is 12.0. The molecule has 5 nitrogen and oxygen atoms in total. The second-order valence-electron chi connectivity index (χ2n) is 4.45. The predicted molar refractivity (Wildman–Crippen MR) is 68.6 cm³/mol. The zero-order chi connectivity index (χ0) is 13.2. The van der Waals surface area contributed by atoms with Crippen LogP contribution in [-0.2, 0) is 16.6 Å². The SMILES string of the molecule is C=CCN(C)S(=O)(=O)c1ccc(CNC2CC2)o1. The maximum Gasteiger partial charge on any atom is 0.276 e. The largest absolute Gasteiger partial charge is 0.447 e. The molecule has 18 heavy (non-hydrogen) atoms. The Morgan fingerprint density at radius 2 is 2.28 bits per heavy atom. The van der Waals surface area contributed by atoms with Crippen LogP contribution in [-0.4, -0.2) is 32.4 Å². The van der Waals surface area contributed by atoms with Crippen molar-refractivity contribution in [1.82, 2.24) is 9.62 Å². The third-order valence-electron chi connectivity index (χ3n) is 2.83. The normalized spacial score (nSPS) is 16.1. The minimum atomic E-state index is -3.54. The molecule has 0 saturated heterocycles. The van der Waals surface area contributed by atoms with Gasteiger partial charge >= 0.3 is 0 Å². The molecule has 1 aromatic rings. The van der Waals surface area contributed by atoms with Crippen LogP contribution in [0.5, 0.6) is 0 Å². The lowest BCUT2D eigenvalue weighted by Crippen LogP contribution is -2.26. The number of hydrogen-bond acceptors (Lipinski definition) is 4. The van der Waals surface area contributed by atoms with Gasteiger partial charge in [-0.25, -0.2) is 8.42 Å². The fourth-order valence-corrected chi connectivity index (χ4v) is 2.62. The first-order valence-corrected chi connectivity index (χ1v) is 7.37. The van der Waals surface area contributed by atoms with Gasteiger partial charge in [-0.1, -0.05) is 6.08 Å². The summed E-state index contributed by atoms with van der Waals surface area (Å²) in [6.45, 7) is 4.36. The molecule has 2 rings (SSSR count). The van der Waals surface area contributed by atoms with Crippen LogP contribution in [0.4, 0.5) is 0 Å². The van der Waals surface area contributed by atoms with Crippen molar-refractivity contribution in [3.63, 3.8) is 0 Å². The zero-order valence-electron chi connectivity index (χ0n) is 10.4. The van der Waals surface area contributed by atoms with Crippen LogP contribution in [0.15, 0.2) is 34.3 Å². The average molecular weight is 270 g/mol. The molecule has 1 heterocycles. The van der Waals surface area contributed by atoms with Crippen LogP contribution in [0.25, 0.3) is 0 Å². The smallest absolute Gasteiger partial charge is 0.276 e. The van der Waals surface area contributed by atoms with E-state index in [1.54, 1.807) is 6.07 Å². The van der Waals surface area contributed by atoms with Gasteiger partial charge in [0.05, 0.1) is 6.54 Å². The Balaban J connectivity index is 2.05. The fraction of sp³-hybridized carbons (Fsp3) is 0.500. The third-order valence-corrected chi connectivity index (χ3v) is 4.53. The summed E-state index contributed by atoms with van der Waals surface area (Å²) in [5.41, 5.74) is 0. The second kappa shape index (κ2) is 5.26. The Morgan fingerprint density at radius 1 is 1.56 bits per heavy atom. The van der Waals surface area contributed by atoms with E-state index in [1.807, 2.05) is 0 Å². The van der Waals surface area contributed by atoms with Gasteiger partial charge in [0.1, 0.15) is 5.76 Å². The molecule has 1 N–H and O–H groups in total. The van der Waals surface area contributed by atoms with E-state index in [1.165, 1.54) is 36.3 Å². The molecule has 0 radical (unpaired) electrons. The number of nitrogens with zero attached hydrogens (tertiary/aromatic N) is 1. The van der Waals surface area contributed by atoms with Crippen LogP contribution in [0.2, 0.25) is 0 Å². The maximum atomic E-state index is 12.0. The number of rotatable bonds is 7. The summed E-state index contributed by atoms with van der Waals surface area (Å²) in [4.78, 5) is 0. The molecule has 100 valence electrons. The van der Waals surface area contributed by atoms with E-state index in [2.05, 4.69) is 11.9 Å². The molecule has 0 aromatic carbocycles. The Morgan fingerprint density at radius 3 is 2.89 bits per heavy atom. The van der Waals surface area contributed by atoms with Crippen molar-refractivity contribution in [1.29, 1.82) is 0 Å². The van der Waals surface area contributed by atoms with Gasteiger partial charge < -0.3 is 9.73 Å². The molecule has 1 aliphatic carbocycles. The summed E-state index contributed by atoms with van der Waals surface area (Å²) in [5, 5.41) is 3.26. The number of sulfonamides is 1. The topological polar surface area (TPSA) is 62.6 Å². The summed E-state index contributed by atoms with van der Waals surface area (Å²) >= 11 is 0. The average Bonchev–Trinajstić information content (AvgIpc) is 3.03. The van der Waals surface area contributed by atoms with Gasteiger partial charge in [-0.15, -0.1) is 6.58 Å². The van der Waals surface area contributed by atoms with Crippen LogP contribution in [0, 0.1) is 0 Å². The minimum Gasteiger partial charge on any atom is -0.447 e. The van der Waals surface area contributed by atoms with E-state index in [9.17, 15) is 8.42 Å². The van der Waals surface area contributed by atoms with Crippen molar-refractivity contribution < 1.29 is 12.8 Å². The molecule has 0 amide bonds. The molecule has 0 unspecified atom stereocenters. The van der Waals surface area contributed by atoms with Crippen LogP contribution in [0.1, 0.15) is 18.6 Å². The lowest BCUT2D eigenvalue weighted by molar-refractivity contribution is 0.385. The number of likely N-dealkylation sites (N-methyl/N-ethyl adjacent to an activating group) is 1. The van der Waals surface area contributed by atoms with Gasteiger partial charge in [0.25, 0.3) is 10.0 Å². The van der Waals surface area contributed by atoms with E-state index in [0.717, 1.165) is 0 Å². The predicted octanol–water partition coefficient (Wildman–Crippen LogP) is 1.34. The highest BCUT2D eigenvalue weighted by Gasteiger charge is 2.24. The second-order valence-corrected chi connectivity index (χ2v) is 6.43. The quantitative estimate of drug-likeness (QED) is 0.759. The Hall–Kier alpha value is -1.11. The molecule has 0 spiro atoms. The number of hydrogen-bond donors (Lipinski definition) is 1. The summed E-state index contributed by atoms with van der Waals surface area (Å²) in [5.74, 6) is 0.646. The van der Waals surface area contributed by atoms with Crippen molar-refractivity contribution in [2.75, 3.05) is 13.6 Å². The summed E-state index contributed by atoms with van der Waals surface area (Å²) in [6, 6.07) is 3.77. The first-order chi connectivity index (χ1) is 8.54. The molecular weight excluding hydrogens is 252 g/mol. The Bertz CT molecular complexity index is 517. The van der Waals surface area contributed by atoms with Gasteiger partial charge in [0, 0.05) is 19.6 Å². The van der Waals surface area contributed by atoms with Crippen LogP contribution < -0.4 is 5.32 Å². The highest BCUT2D eigenvalue weighted by atomic mass is 32.2. The van der Waals surface area contributed by atoms with Gasteiger partial charge in [-0.3, -0.25) is 0 Å². The van der Waals surface area contributed by atoms with E-state index < -0.39 is 10.0 Å². The molecule has 0 aliphatic heterocycles. The highest BCUT2D eigenvalue weighted by molar-refractivity contribution is 7.89. The number of nitrogens with one attached hydrogen (secondary N) is 1. The summed E-state index contributed by atoms with van der Waals surface area (Å²) in [7, 11) is -2.03. The monoisotopic (exact) mass is 270 g/mol. The van der Waals surface area contributed by atoms with Crippen LogP contribution >= 0.6 is 0 Å². The van der Waals surface area contributed by atoms with E-state index in [4.69, 9.17) is 4.42 Å². The lowest BCUT2D eigenvalue weighted by Gasteiger charge is -2.12.